The van der Waals surface area contributed by atoms with Gasteiger partial charge in [0.15, 0.2) is 0 Å². The number of halogens is 1. The van der Waals surface area contributed by atoms with Gasteiger partial charge in [0.2, 0.25) is 0 Å². The van der Waals surface area contributed by atoms with Crippen LogP contribution in [-0.4, -0.2) is 5.75 Å². The molecule has 0 radical (unpaired) electrons. The van der Waals surface area contributed by atoms with Gasteiger partial charge in [-0.1, -0.05) is 28.1 Å². The number of rotatable bonds is 3. The average molecular weight is 243 g/mol. The van der Waals surface area contributed by atoms with E-state index >= 15 is 0 Å². The molecule has 0 aliphatic heterocycles. The fourth-order valence-corrected chi connectivity index (χ4v) is 1.74. The Morgan fingerprint density at radius 3 is 2.50 bits per heavy atom. The zero-order valence-corrected chi connectivity index (χ0v) is 9.41. The van der Waals surface area contributed by atoms with Crippen molar-refractivity contribution >= 4 is 27.7 Å². The predicted molar refractivity (Wildman–Crippen MR) is 59.7 cm³/mol. The molecule has 0 N–H and O–H groups in total. The first-order chi connectivity index (χ1) is 5.68. The van der Waals surface area contributed by atoms with Crippen LogP contribution in [0.15, 0.2) is 45.8 Å². The van der Waals surface area contributed by atoms with Crippen LogP contribution in [0.5, 0.6) is 0 Å². The second kappa shape index (κ2) is 4.73. The molecule has 1 aromatic rings. The van der Waals surface area contributed by atoms with Crippen molar-refractivity contribution in [3.05, 3.63) is 40.9 Å². The van der Waals surface area contributed by atoms with E-state index in [1.807, 2.05) is 18.7 Å². The van der Waals surface area contributed by atoms with E-state index in [1.54, 1.807) is 0 Å². The molecule has 0 aliphatic rings. The maximum atomic E-state index is 3.86. The first-order valence-corrected chi connectivity index (χ1v) is 5.49. The molecule has 0 aliphatic carbocycles. The molecule has 1 aromatic carbocycles. The van der Waals surface area contributed by atoms with E-state index in [4.69, 9.17) is 0 Å². The Morgan fingerprint density at radius 2 is 2.00 bits per heavy atom. The third-order valence-electron chi connectivity index (χ3n) is 1.30. The van der Waals surface area contributed by atoms with Crippen LogP contribution in [-0.2, 0) is 0 Å². The van der Waals surface area contributed by atoms with E-state index in [0.29, 0.717) is 0 Å². The number of thioether (sulfide) groups is 1. The summed E-state index contributed by atoms with van der Waals surface area (Å²) in [5, 5.41) is 0. The van der Waals surface area contributed by atoms with Gasteiger partial charge in [0.25, 0.3) is 0 Å². The molecule has 0 unspecified atom stereocenters. The summed E-state index contributed by atoms with van der Waals surface area (Å²) < 4.78 is 1.13. The SMILES string of the molecule is C=C(C)CSc1ccc(Br)cc1. The Balaban J connectivity index is 2.53. The normalized spacial score (nSPS) is 9.83. The Hall–Kier alpha value is -0.210. The number of hydrogen-bond donors (Lipinski definition) is 0. The van der Waals surface area contributed by atoms with Crippen LogP contribution < -0.4 is 0 Å². The zero-order chi connectivity index (χ0) is 8.97. The molecule has 0 fully saturated rings. The predicted octanol–water partition coefficient (Wildman–Crippen LogP) is 4.12. The molecule has 64 valence electrons. The highest BCUT2D eigenvalue weighted by molar-refractivity contribution is 9.10. The van der Waals surface area contributed by atoms with Crippen LogP contribution in [0.3, 0.4) is 0 Å². The first-order valence-electron chi connectivity index (χ1n) is 3.71. The van der Waals surface area contributed by atoms with Crippen LogP contribution in [0.2, 0.25) is 0 Å². The lowest BCUT2D eigenvalue weighted by molar-refractivity contribution is 1.40. The van der Waals surface area contributed by atoms with E-state index in [1.165, 1.54) is 10.5 Å². The van der Waals surface area contributed by atoms with Crippen molar-refractivity contribution in [3.8, 4) is 0 Å². The number of hydrogen-bond acceptors (Lipinski definition) is 1. The smallest absolute Gasteiger partial charge is 0.0185 e. The largest absolute Gasteiger partial charge is 0.122 e. The van der Waals surface area contributed by atoms with Gasteiger partial charge in [0.05, 0.1) is 0 Å². The van der Waals surface area contributed by atoms with Crippen molar-refractivity contribution in [1.82, 2.24) is 0 Å². The Morgan fingerprint density at radius 1 is 1.42 bits per heavy atom. The van der Waals surface area contributed by atoms with Gasteiger partial charge in [0, 0.05) is 15.1 Å². The quantitative estimate of drug-likeness (QED) is 0.568. The minimum absolute atomic E-state index is 1.00. The summed E-state index contributed by atoms with van der Waals surface area (Å²) in [7, 11) is 0. The molecule has 0 atom stereocenters. The number of benzene rings is 1. The van der Waals surface area contributed by atoms with Crippen molar-refractivity contribution < 1.29 is 0 Å². The maximum Gasteiger partial charge on any atom is 0.0185 e. The lowest BCUT2D eigenvalue weighted by Gasteiger charge is -2.00. The van der Waals surface area contributed by atoms with Crippen molar-refractivity contribution in [2.24, 2.45) is 0 Å². The van der Waals surface area contributed by atoms with E-state index in [2.05, 4.69) is 46.8 Å². The summed E-state index contributed by atoms with van der Waals surface area (Å²) in [5.41, 5.74) is 1.21. The summed E-state index contributed by atoms with van der Waals surface area (Å²) in [6.45, 7) is 5.91. The van der Waals surface area contributed by atoms with Gasteiger partial charge in [-0.05, 0) is 31.2 Å². The standard InChI is InChI=1S/C10H11BrS/c1-8(2)7-12-10-5-3-9(11)4-6-10/h3-6H,1,7H2,2H3. The van der Waals surface area contributed by atoms with Gasteiger partial charge >= 0.3 is 0 Å². The molecule has 0 saturated heterocycles. The Labute approximate surface area is 86.2 Å². The molecule has 2 heteroatoms. The molecule has 12 heavy (non-hydrogen) atoms. The van der Waals surface area contributed by atoms with E-state index in [9.17, 15) is 0 Å². The second-order valence-electron chi connectivity index (χ2n) is 2.70. The van der Waals surface area contributed by atoms with E-state index < -0.39 is 0 Å². The van der Waals surface area contributed by atoms with Gasteiger partial charge in [-0.3, -0.25) is 0 Å². The molecule has 0 heterocycles. The van der Waals surface area contributed by atoms with Crippen molar-refractivity contribution in [2.45, 2.75) is 11.8 Å². The Kier molecular flexibility index (Phi) is 3.89. The highest BCUT2D eigenvalue weighted by atomic mass is 79.9. The minimum atomic E-state index is 1.00. The maximum absolute atomic E-state index is 3.86. The fraction of sp³-hybridized carbons (Fsp3) is 0.200. The van der Waals surface area contributed by atoms with Crippen LogP contribution in [0.1, 0.15) is 6.92 Å². The van der Waals surface area contributed by atoms with Gasteiger partial charge < -0.3 is 0 Å². The summed E-state index contributed by atoms with van der Waals surface area (Å²) in [6.07, 6.45) is 0. The average Bonchev–Trinajstić information content (AvgIpc) is 2.03. The van der Waals surface area contributed by atoms with Gasteiger partial charge in [-0.2, -0.15) is 0 Å². The highest BCUT2D eigenvalue weighted by Gasteiger charge is 1.93. The highest BCUT2D eigenvalue weighted by Crippen LogP contribution is 2.21. The lowest BCUT2D eigenvalue weighted by atomic mass is 10.4. The van der Waals surface area contributed by atoms with E-state index in [0.717, 1.165) is 10.2 Å². The van der Waals surface area contributed by atoms with Crippen LogP contribution in [0.4, 0.5) is 0 Å². The van der Waals surface area contributed by atoms with Gasteiger partial charge in [-0.25, -0.2) is 0 Å². The van der Waals surface area contributed by atoms with Crippen molar-refractivity contribution in [2.75, 3.05) is 5.75 Å². The topological polar surface area (TPSA) is 0 Å². The second-order valence-corrected chi connectivity index (χ2v) is 4.66. The van der Waals surface area contributed by atoms with Crippen molar-refractivity contribution in [3.63, 3.8) is 0 Å². The minimum Gasteiger partial charge on any atom is -0.122 e. The molecular formula is C10H11BrS. The first kappa shape index (κ1) is 9.87. The molecular weight excluding hydrogens is 232 g/mol. The zero-order valence-electron chi connectivity index (χ0n) is 7.01. The summed E-state index contributed by atoms with van der Waals surface area (Å²) >= 11 is 5.22. The fourth-order valence-electron chi connectivity index (χ4n) is 0.737. The van der Waals surface area contributed by atoms with E-state index in [-0.39, 0.29) is 0 Å². The van der Waals surface area contributed by atoms with Crippen LogP contribution in [0.25, 0.3) is 0 Å². The third kappa shape index (κ3) is 3.46. The summed E-state index contributed by atoms with van der Waals surface area (Å²) in [5.74, 6) is 1.00. The third-order valence-corrected chi connectivity index (χ3v) is 3.07. The molecule has 0 nitrogen and oxygen atoms in total. The summed E-state index contributed by atoms with van der Waals surface area (Å²) in [6, 6.07) is 8.33. The molecule has 0 bridgehead atoms. The molecule has 1 rings (SSSR count). The monoisotopic (exact) mass is 242 g/mol. The van der Waals surface area contributed by atoms with Gasteiger partial charge in [0.1, 0.15) is 0 Å². The molecule has 0 saturated carbocycles. The molecule has 0 amide bonds. The molecule has 0 spiro atoms. The Bertz CT molecular complexity index is 264. The van der Waals surface area contributed by atoms with Gasteiger partial charge in [-0.15, -0.1) is 11.8 Å². The lowest BCUT2D eigenvalue weighted by Crippen LogP contribution is -1.78. The van der Waals surface area contributed by atoms with Crippen LogP contribution >= 0.6 is 27.7 Å². The van der Waals surface area contributed by atoms with Crippen molar-refractivity contribution in [1.29, 1.82) is 0 Å². The van der Waals surface area contributed by atoms with Crippen LogP contribution in [0, 0.1) is 0 Å². The molecule has 0 aromatic heterocycles. The summed E-state index contributed by atoms with van der Waals surface area (Å²) in [4.78, 5) is 1.29.